The van der Waals surface area contributed by atoms with Crippen LogP contribution in [0, 0.1) is 5.92 Å². The minimum absolute atomic E-state index is 0.127. The molecule has 0 saturated carbocycles. The van der Waals surface area contributed by atoms with Crippen molar-refractivity contribution in [1.29, 1.82) is 0 Å². The average molecular weight is 196 g/mol. The molecule has 4 atom stereocenters. The molecule has 3 aliphatic heterocycles. The maximum Gasteiger partial charge on any atom is 0.316 e. The van der Waals surface area contributed by atoms with Gasteiger partial charge in [-0.2, -0.15) is 0 Å². The van der Waals surface area contributed by atoms with Crippen LogP contribution in [0.25, 0.3) is 0 Å². The molecule has 2 fully saturated rings. The van der Waals surface area contributed by atoms with Crippen molar-refractivity contribution in [1.82, 2.24) is 0 Å². The molecule has 76 valence electrons. The second-order valence-corrected chi connectivity index (χ2v) is 4.38. The minimum Gasteiger partial charge on any atom is -0.455 e. The highest BCUT2D eigenvalue weighted by atomic mass is 16.8. The van der Waals surface area contributed by atoms with E-state index in [9.17, 15) is 4.79 Å². The van der Waals surface area contributed by atoms with Crippen LogP contribution >= 0.6 is 0 Å². The van der Waals surface area contributed by atoms with Gasteiger partial charge in [0.15, 0.2) is 5.79 Å². The molecule has 4 heteroatoms. The van der Waals surface area contributed by atoms with Gasteiger partial charge in [-0.1, -0.05) is 6.08 Å². The van der Waals surface area contributed by atoms with Crippen molar-refractivity contribution in [3.63, 3.8) is 0 Å². The van der Waals surface area contributed by atoms with E-state index in [1.54, 1.807) is 0 Å². The highest BCUT2D eigenvalue weighted by molar-refractivity contribution is 5.78. The minimum atomic E-state index is -0.605. The predicted octanol–water partition coefficient (Wildman–Crippen LogP) is 0.618. The molecular weight excluding hydrogens is 184 g/mol. The lowest BCUT2D eigenvalue weighted by molar-refractivity contribution is -0.171. The fourth-order valence-electron chi connectivity index (χ4n) is 2.33. The summed E-state index contributed by atoms with van der Waals surface area (Å²) >= 11 is 0. The van der Waals surface area contributed by atoms with Crippen LogP contribution in [0.15, 0.2) is 12.2 Å². The van der Waals surface area contributed by atoms with Crippen molar-refractivity contribution < 1.29 is 19.0 Å². The number of carbonyl (C=O) groups is 1. The second kappa shape index (κ2) is 2.38. The van der Waals surface area contributed by atoms with Crippen LogP contribution in [0.5, 0.6) is 0 Å². The van der Waals surface area contributed by atoms with Gasteiger partial charge in [0.1, 0.15) is 24.2 Å². The number of rotatable bonds is 0. The van der Waals surface area contributed by atoms with Gasteiger partial charge in [0.05, 0.1) is 0 Å². The molecule has 2 bridgehead atoms. The van der Waals surface area contributed by atoms with Crippen molar-refractivity contribution in [3.8, 4) is 0 Å². The van der Waals surface area contributed by atoms with Gasteiger partial charge in [-0.3, -0.25) is 4.79 Å². The SMILES string of the molecule is CC1(C)O[C@@H]2C3C=CC(OC3=O)[C@@H]2O1. The van der Waals surface area contributed by atoms with Gasteiger partial charge in [0, 0.05) is 0 Å². The third-order valence-electron chi connectivity index (χ3n) is 2.87. The molecule has 0 amide bonds. The zero-order valence-electron chi connectivity index (χ0n) is 8.10. The normalized spacial score (nSPS) is 47.7. The molecule has 4 aliphatic rings. The van der Waals surface area contributed by atoms with Gasteiger partial charge in [0.25, 0.3) is 0 Å². The first kappa shape index (κ1) is 8.44. The maximum atomic E-state index is 11.4. The number of hydrogen-bond donors (Lipinski definition) is 0. The summed E-state index contributed by atoms with van der Waals surface area (Å²) in [6, 6.07) is 0. The molecule has 4 nitrogen and oxygen atoms in total. The summed E-state index contributed by atoms with van der Waals surface area (Å²) in [5.74, 6) is -1.09. The maximum absolute atomic E-state index is 11.4. The van der Waals surface area contributed by atoms with Crippen LogP contribution in [-0.2, 0) is 19.0 Å². The smallest absolute Gasteiger partial charge is 0.316 e. The first-order valence-corrected chi connectivity index (χ1v) is 4.81. The summed E-state index contributed by atoms with van der Waals surface area (Å²) in [5.41, 5.74) is 0. The number of ether oxygens (including phenoxy) is 3. The van der Waals surface area contributed by atoms with E-state index in [0.29, 0.717) is 0 Å². The van der Waals surface area contributed by atoms with Crippen LogP contribution in [0.1, 0.15) is 13.8 Å². The molecule has 0 N–H and O–H groups in total. The van der Waals surface area contributed by atoms with Crippen LogP contribution in [-0.4, -0.2) is 30.1 Å². The number of carbonyl (C=O) groups excluding carboxylic acids is 1. The van der Waals surface area contributed by atoms with Gasteiger partial charge in [-0.25, -0.2) is 0 Å². The number of hydrogen-bond acceptors (Lipinski definition) is 4. The van der Waals surface area contributed by atoms with E-state index in [2.05, 4.69) is 0 Å². The Morgan fingerprint density at radius 2 is 1.93 bits per heavy atom. The molecular formula is C10H12O4. The van der Waals surface area contributed by atoms with Gasteiger partial charge >= 0.3 is 5.97 Å². The Kier molecular flexibility index (Phi) is 1.43. The number of fused-ring (bicyclic) bond motifs is 1. The lowest BCUT2D eigenvalue weighted by Crippen LogP contribution is -2.52. The summed E-state index contributed by atoms with van der Waals surface area (Å²) in [5, 5.41) is 0. The van der Waals surface area contributed by atoms with Crippen molar-refractivity contribution in [2.75, 3.05) is 0 Å². The Hall–Kier alpha value is -0.870. The topological polar surface area (TPSA) is 44.8 Å². The number of esters is 1. The quantitative estimate of drug-likeness (QED) is 0.421. The molecule has 0 radical (unpaired) electrons. The molecule has 0 aromatic heterocycles. The Morgan fingerprint density at radius 3 is 2.64 bits per heavy atom. The van der Waals surface area contributed by atoms with Crippen molar-refractivity contribution in [3.05, 3.63) is 12.2 Å². The summed E-state index contributed by atoms with van der Waals surface area (Å²) < 4.78 is 16.5. The standard InChI is InChI=1S/C10H12O4/c1-10(2)13-7-5-3-4-6(8(7)14-10)12-9(5)11/h3-8H,1-2H3/t5?,6?,7-,8+/m1/s1. The lowest BCUT2D eigenvalue weighted by atomic mass is 9.86. The van der Waals surface area contributed by atoms with E-state index < -0.39 is 5.79 Å². The Labute approximate surface area is 81.8 Å². The van der Waals surface area contributed by atoms with Crippen LogP contribution < -0.4 is 0 Å². The van der Waals surface area contributed by atoms with Crippen molar-refractivity contribution >= 4 is 5.97 Å². The zero-order chi connectivity index (χ0) is 9.92. The lowest BCUT2D eigenvalue weighted by Gasteiger charge is -2.37. The van der Waals surface area contributed by atoms with Crippen LogP contribution in [0.2, 0.25) is 0 Å². The van der Waals surface area contributed by atoms with E-state index in [1.807, 2.05) is 26.0 Å². The van der Waals surface area contributed by atoms with Crippen LogP contribution in [0.3, 0.4) is 0 Å². The molecule has 2 unspecified atom stereocenters. The third-order valence-corrected chi connectivity index (χ3v) is 2.87. The Morgan fingerprint density at radius 1 is 1.21 bits per heavy atom. The van der Waals surface area contributed by atoms with E-state index in [1.165, 1.54) is 0 Å². The third kappa shape index (κ3) is 0.980. The van der Waals surface area contributed by atoms with Gasteiger partial charge < -0.3 is 14.2 Å². The fourth-order valence-corrected chi connectivity index (χ4v) is 2.33. The molecule has 4 rings (SSSR count). The second-order valence-electron chi connectivity index (χ2n) is 4.38. The van der Waals surface area contributed by atoms with E-state index in [4.69, 9.17) is 14.2 Å². The molecule has 0 aromatic carbocycles. The summed E-state index contributed by atoms with van der Waals surface area (Å²) in [7, 11) is 0. The van der Waals surface area contributed by atoms with Crippen molar-refractivity contribution in [2.45, 2.75) is 37.9 Å². The van der Waals surface area contributed by atoms with Gasteiger partial charge in [-0.15, -0.1) is 0 Å². The summed E-state index contributed by atoms with van der Waals surface area (Å²) in [6.45, 7) is 3.71. The Bertz CT molecular complexity index is 320. The van der Waals surface area contributed by atoms with E-state index in [-0.39, 0.29) is 30.2 Å². The largest absolute Gasteiger partial charge is 0.455 e. The first-order valence-electron chi connectivity index (χ1n) is 4.81. The van der Waals surface area contributed by atoms with Gasteiger partial charge in [-0.05, 0) is 19.9 Å². The molecule has 1 aliphatic carbocycles. The van der Waals surface area contributed by atoms with E-state index >= 15 is 0 Å². The molecule has 3 heterocycles. The Balaban J connectivity index is 1.97. The highest BCUT2D eigenvalue weighted by Gasteiger charge is 2.56. The molecule has 2 saturated heterocycles. The fraction of sp³-hybridized carbons (Fsp3) is 0.700. The van der Waals surface area contributed by atoms with Gasteiger partial charge in [0.2, 0.25) is 0 Å². The van der Waals surface area contributed by atoms with Crippen molar-refractivity contribution in [2.24, 2.45) is 5.92 Å². The van der Waals surface area contributed by atoms with E-state index in [0.717, 1.165) is 0 Å². The monoisotopic (exact) mass is 196 g/mol. The predicted molar refractivity (Wildman–Crippen MR) is 46.3 cm³/mol. The summed E-state index contributed by atoms with van der Waals surface area (Å²) in [6.07, 6.45) is 3.19. The molecule has 0 aromatic rings. The zero-order valence-corrected chi connectivity index (χ0v) is 8.10. The summed E-state index contributed by atoms with van der Waals surface area (Å²) in [4.78, 5) is 11.4. The molecule has 0 spiro atoms. The first-order chi connectivity index (χ1) is 6.57. The highest BCUT2D eigenvalue weighted by Crippen LogP contribution is 2.41. The van der Waals surface area contributed by atoms with Crippen LogP contribution in [0.4, 0.5) is 0 Å². The average Bonchev–Trinajstić information content (AvgIpc) is 2.41. The molecule has 14 heavy (non-hydrogen) atoms.